The summed E-state index contributed by atoms with van der Waals surface area (Å²) in [5.74, 6) is -0.278. The first-order valence-electron chi connectivity index (χ1n) is 10.1. The fraction of sp³-hybridized carbons (Fsp3) is 0.0800. The monoisotopic (exact) mass is 441 g/mol. The van der Waals surface area contributed by atoms with Crippen molar-refractivity contribution < 1.29 is 4.39 Å². The molecule has 1 atom stereocenters. The van der Waals surface area contributed by atoms with Gasteiger partial charge in [-0.3, -0.25) is 9.97 Å². The number of fused-ring (bicyclic) bond motifs is 1. The van der Waals surface area contributed by atoms with Crippen molar-refractivity contribution in [3.63, 3.8) is 0 Å². The van der Waals surface area contributed by atoms with E-state index >= 15 is 0 Å². The van der Waals surface area contributed by atoms with E-state index in [0.29, 0.717) is 5.69 Å². The number of imidazole rings is 1. The lowest BCUT2D eigenvalue weighted by Gasteiger charge is -2.13. The maximum Gasteiger partial charge on any atom is 0.166 e. The number of nitrogens with one attached hydrogen (secondary N) is 1. The minimum Gasteiger partial charge on any atom is -0.332 e. The van der Waals surface area contributed by atoms with Gasteiger partial charge in [0.15, 0.2) is 5.16 Å². The Hall–Kier alpha value is -3.55. The Labute approximate surface area is 189 Å². The molecule has 32 heavy (non-hydrogen) atoms. The first-order chi connectivity index (χ1) is 15.6. The molecule has 0 fully saturated rings. The molecule has 0 aliphatic rings. The molecule has 3 aromatic heterocycles. The van der Waals surface area contributed by atoms with Crippen LogP contribution in [0.15, 0.2) is 84.1 Å². The maximum atomic E-state index is 13.4. The first-order valence-corrected chi connectivity index (χ1v) is 11.3. The van der Waals surface area contributed by atoms with Gasteiger partial charge in [0.25, 0.3) is 0 Å². The number of aromatic amines is 1. The molecule has 2 aromatic carbocycles. The van der Waals surface area contributed by atoms with Crippen molar-refractivity contribution in [1.29, 1.82) is 0 Å². The number of rotatable bonds is 5. The Kier molecular flexibility index (Phi) is 5.43. The van der Waals surface area contributed by atoms with Gasteiger partial charge in [-0.25, -0.2) is 9.37 Å². The van der Waals surface area contributed by atoms with Gasteiger partial charge in [-0.2, -0.15) is 0 Å². The summed E-state index contributed by atoms with van der Waals surface area (Å²) in [4.78, 5) is 17.3. The van der Waals surface area contributed by atoms with Crippen LogP contribution in [0.4, 0.5) is 4.39 Å². The number of thioether (sulfide) groups is 1. The van der Waals surface area contributed by atoms with E-state index in [4.69, 9.17) is 15.7 Å². The van der Waals surface area contributed by atoms with Crippen molar-refractivity contribution in [3.05, 3.63) is 96.2 Å². The Bertz CT molecular complexity index is 1400. The molecule has 5 rings (SSSR count). The van der Waals surface area contributed by atoms with E-state index in [2.05, 4.69) is 9.97 Å². The predicted octanol–water partition coefficient (Wildman–Crippen LogP) is 5.60. The highest BCUT2D eigenvalue weighted by molar-refractivity contribution is 7.98. The molecule has 0 spiro atoms. The van der Waals surface area contributed by atoms with Crippen molar-refractivity contribution >= 4 is 22.7 Å². The molecule has 3 N–H and O–H groups in total. The molecule has 3 heterocycles. The number of nitrogens with zero attached hydrogens (tertiary/aromatic N) is 3. The van der Waals surface area contributed by atoms with Crippen LogP contribution in [0.3, 0.4) is 0 Å². The topological polar surface area (TPSA) is 80.5 Å². The average molecular weight is 442 g/mol. The number of H-pyrrole nitrogens is 1. The molecule has 5 nitrogen and oxygen atoms in total. The number of pyridine rings is 2. The maximum absolute atomic E-state index is 13.4. The number of para-hydroxylation sites is 1. The second-order valence-electron chi connectivity index (χ2n) is 7.35. The third-order valence-corrected chi connectivity index (χ3v) is 5.90. The van der Waals surface area contributed by atoms with Gasteiger partial charge in [-0.15, -0.1) is 0 Å². The van der Waals surface area contributed by atoms with Gasteiger partial charge in [0.2, 0.25) is 0 Å². The molecule has 0 aliphatic carbocycles. The fourth-order valence-electron chi connectivity index (χ4n) is 3.65. The second-order valence-corrected chi connectivity index (χ2v) is 8.15. The van der Waals surface area contributed by atoms with Crippen LogP contribution in [0.1, 0.15) is 17.4 Å². The van der Waals surface area contributed by atoms with E-state index in [1.165, 1.54) is 23.9 Å². The van der Waals surface area contributed by atoms with E-state index in [9.17, 15) is 4.39 Å². The largest absolute Gasteiger partial charge is 0.332 e. The quantitative estimate of drug-likeness (QED) is 0.347. The van der Waals surface area contributed by atoms with Crippen LogP contribution in [0.2, 0.25) is 0 Å². The van der Waals surface area contributed by atoms with Crippen LogP contribution >= 0.6 is 11.8 Å². The number of aromatic nitrogens is 4. The summed E-state index contributed by atoms with van der Waals surface area (Å²) >= 11 is 1.51. The highest BCUT2D eigenvalue weighted by Gasteiger charge is 2.18. The normalized spacial score (nSPS) is 12.2. The van der Waals surface area contributed by atoms with Crippen LogP contribution in [0.25, 0.3) is 33.4 Å². The molecule has 0 amide bonds. The third kappa shape index (κ3) is 3.88. The van der Waals surface area contributed by atoms with E-state index in [1.807, 2.05) is 54.8 Å². The Morgan fingerprint density at radius 3 is 2.53 bits per heavy atom. The standard InChI is InChI=1S/C25H20FN5S/c1-32-25-30-23(16-6-9-18(26)10-7-16)24(31-25)17-12-13-28-21(14-17)22(27)20-11-8-15-4-2-3-5-19(15)29-20/h2-14,22H,27H2,1H3,(H,30,31). The van der Waals surface area contributed by atoms with E-state index in [-0.39, 0.29) is 5.82 Å². The van der Waals surface area contributed by atoms with Gasteiger partial charge in [0.1, 0.15) is 5.82 Å². The van der Waals surface area contributed by atoms with Crippen molar-refractivity contribution in [3.8, 4) is 22.5 Å². The van der Waals surface area contributed by atoms with Gasteiger partial charge >= 0.3 is 0 Å². The smallest absolute Gasteiger partial charge is 0.166 e. The zero-order valence-electron chi connectivity index (χ0n) is 17.3. The molecular formula is C25H20FN5S. The Balaban J connectivity index is 1.55. The summed E-state index contributed by atoms with van der Waals surface area (Å²) in [6.45, 7) is 0. The minimum atomic E-state index is -0.479. The molecule has 0 bridgehead atoms. The molecule has 0 saturated carbocycles. The minimum absolute atomic E-state index is 0.278. The molecule has 1 unspecified atom stereocenters. The molecular weight excluding hydrogens is 421 g/mol. The zero-order valence-corrected chi connectivity index (χ0v) is 18.1. The number of hydrogen-bond donors (Lipinski definition) is 2. The molecule has 0 saturated heterocycles. The van der Waals surface area contributed by atoms with Gasteiger partial charge in [0.05, 0.1) is 34.3 Å². The summed E-state index contributed by atoms with van der Waals surface area (Å²) in [7, 11) is 0. The van der Waals surface area contributed by atoms with Crippen LogP contribution < -0.4 is 5.73 Å². The first kappa shape index (κ1) is 20.4. The van der Waals surface area contributed by atoms with Gasteiger partial charge < -0.3 is 10.7 Å². The van der Waals surface area contributed by atoms with Gasteiger partial charge in [-0.05, 0) is 54.8 Å². The number of hydrogen-bond acceptors (Lipinski definition) is 5. The molecule has 0 radical (unpaired) electrons. The number of halogens is 1. The summed E-state index contributed by atoms with van der Waals surface area (Å²) in [6, 6.07) is 21.6. The molecule has 0 aliphatic heterocycles. The van der Waals surface area contributed by atoms with E-state index < -0.39 is 6.04 Å². The molecule has 7 heteroatoms. The summed E-state index contributed by atoms with van der Waals surface area (Å²) in [6.07, 6.45) is 3.68. The molecule has 158 valence electrons. The van der Waals surface area contributed by atoms with Crippen molar-refractivity contribution in [2.75, 3.05) is 6.26 Å². The van der Waals surface area contributed by atoms with Gasteiger partial charge in [0, 0.05) is 22.7 Å². The van der Waals surface area contributed by atoms with Crippen LogP contribution in [0.5, 0.6) is 0 Å². The van der Waals surface area contributed by atoms with Crippen LogP contribution in [0, 0.1) is 5.82 Å². The average Bonchev–Trinajstić information content (AvgIpc) is 3.28. The number of nitrogens with two attached hydrogens (primary N) is 1. The number of benzene rings is 2. The lowest BCUT2D eigenvalue weighted by Crippen LogP contribution is -2.15. The summed E-state index contributed by atoms with van der Waals surface area (Å²) in [5.41, 5.74) is 12.2. The second kappa shape index (κ2) is 8.53. The highest BCUT2D eigenvalue weighted by Crippen LogP contribution is 2.33. The van der Waals surface area contributed by atoms with E-state index in [1.54, 1.807) is 18.3 Å². The van der Waals surface area contributed by atoms with Crippen molar-refractivity contribution in [1.82, 2.24) is 19.9 Å². The van der Waals surface area contributed by atoms with Crippen LogP contribution in [-0.2, 0) is 0 Å². The zero-order chi connectivity index (χ0) is 22.1. The lowest BCUT2D eigenvalue weighted by molar-refractivity contribution is 0.628. The fourth-order valence-corrected chi connectivity index (χ4v) is 4.04. The Morgan fingerprint density at radius 2 is 1.72 bits per heavy atom. The van der Waals surface area contributed by atoms with Crippen molar-refractivity contribution in [2.45, 2.75) is 11.2 Å². The highest BCUT2D eigenvalue weighted by atomic mass is 32.2. The van der Waals surface area contributed by atoms with Gasteiger partial charge in [-0.1, -0.05) is 36.0 Å². The summed E-state index contributed by atoms with van der Waals surface area (Å²) < 4.78 is 13.4. The van der Waals surface area contributed by atoms with E-state index in [0.717, 1.165) is 44.3 Å². The lowest BCUT2D eigenvalue weighted by atomic mass is 10.0. The SMILES string of the molecule is CSc1nc(-c2ccnc(C(N)c3ccc4ccccc4n3)c2)c(-c2ccc(F)cc2)[nH]1. The van der Waals surface area contributed by atoms with Crippen LogP contribution in [-0.4, -0.2) is 26.2 Å². The van der Waals surface area contributed by atoms with Crippen molar-refractivity contribution in [2.24, 2.45) is 5.73 Å². The summed E-state index contributed by atoms with van der Waals surface area (Å²) in [5, 5.41) is 1.84. The molecule has 5 aromatic rings. The third-order valence-electron chi connectivity index (χ3n) is 5.32. The predicted molar refractivity (Wildman–Crippen MR) is 127 cm³/mol. The Morgan fingerprint density at radius 1 is 0.906 bits per heavy atom.